The number of aromatic nitrogens is 2. The molecule has 6 nitrogen and oxygen atoms in total. The van der Waals surface area contributed by atoms with Crippen molar-refractivity contribution < 1.29 is 13.9 Å². The fourth-order valence-corrected chi connectivity index (χ4v) is 3.49. The molecule has 0 fully saturated rings. The number of carbonyl (C=O) groups is 1. The van der Waals surface area contributed by atoms with E-state index < -0.39 is 0 Å². The van der Waals surface area contributed by atoms with Gasteiger partial charge in [-0.1, -0.05) is 18.2 Å². The number of imidazole rings is 1. The van der Waals surface area contributed by atoms with Gasteiger partial charge in [-0.3, -0.25) is 0 Å². The Kier molecular flexibility index (Phi) is 5.84. The summed E-state index contributed by atoms with van der Waals surface area (Å²) >= 11 is 0. The maximum absolute atomic E-state index is 13.4. The van der Waals surface area contributed by atoms with E-state index in [4.69, 9.17) is 9.72 Å². The molecule has 0 aliphatic rings. The van der Waals surface area contributed by atoms with E-state index in [9.17, 15) is 9.18 Å². The molecule has 1 aromatic heterocycles. The SMILES string of the molecule is COc1ccc(C)cc1NC(=O)NCCn1c(-c2ccc(F)cc2)nc2ccccc21. The minimum Gasteiger partial charge on any atom is -0.495 e. The third-order valence-electron chi connectivity index (χ3n) is 4.98. The second-order valence-corrected chi connectivity index (χ2v) is 7.17. The van der Waals surface area contributed by atoms with Crippen LogP contribution in [0, 0.1) is 12.7 Å². The summed E-state index contributed by atoms with van der Waals surface area (Å²) in [6.07, 6.45) is 0. The lowest BCUT2D eigenvalue weighted by molar-refractivity contribution is 0.251. The number of amides is 2. The summed E-state index contributed by atoms with van der Waals surface area (Å²) < 4.78 is 20.7. The Morgan fingerprint density at radius 1 is 1.10 bits per heavy atom. The van der Waals surface area contributed by atoms with Gasteiger partial charge in [0.1, 0.15) is 17.4 Å². The number of rotatable bonds is 6. The molecule has 7 heteroatoms. The average Bonchev–Trinajstić information content (AvgIpc) is 3.13. The van der Waals surface area contributed by atoms with Gasteiger partial charge in [-0.2, -0.15) is 0 Å². The number of benzene rings is 3. The molecule has 158 valence electrons. The Balaban J connectivity index is 1.50. The molecule has 2 N–H and O–H groups in total. The fourth-order valence-electron chi connectivity index (χ4n) is 3.49. The van der Waals surface area contributed by atoms with Gasteiger partial charge < -0.3 is 19.9 Å². The van der Waals surface area contributed by atoms with Crippen LogP contribution in [-0.4, -0.2) is 29.2 Å². The summed E-state index contributed by atoms with van der Waals surface area (Å²) in [5.41, 5.74) is 4.23. The highest BCUT2D eigenvalue weighted by Crippen LogP contribution is 2.26. The van der Waals surface area contributed by atoms with E-state index in [1.165, 1.54) is 12.1 Å². The van der Waals surface area contributed by atoms with Crippen LogP contribution in [0.4, 0.5) is 14.9 Å². The number of para-hydroxylation sites is 2. The van der Waals surface area contributed by atoms with Crippen LogP contribution in [0.1, 0.15) is 5.56 Å². The van der Waals surface area contributed by atoms with Gasteiger partial charge in [-0.05, 0) is 61.0 Å². The van der Waals surface area contributed by atoms with Crippen molar-refractivity contribution in [2.45, 2.75) is 13.5 Å². The number of urea groups is 1. The van der Waals surface area contributed by atoms with Gasteiger partial charge in [0.15, 0.2) is 0 Å². The second-order valence-electron chi connectivity index (χ2n) is 7.17. The van der Waals surface area contributed by atoms with Crippen molar-refractivity contribution in [1.29, 1.82) is 0 Å². The molecule has 0 bridgehead atoms. The fraction of sp³-hybridized carbons (Fsp3) is 0.167. The van der Waals surface area contributed by atoms with E-state index in [0.717, 1.165) is 28.0 Å². The van der Waals surface area contributed by atoms with Crippen molar-refractivity contribution in [3.8, 4) is 17.1 Å². The monoisotopic (exact) mass is 418 g/mol. The lowest BCUT2D eigenvalue weighted by Crippen LogP contribution is -2.31. The Hall–Kier alpha value is -3.87. The number of anilines is 1. The van der Waals surface area contributed by atoms with E-state index in [1.54, 1.807) is 19.2 Å². The maximum Gasteiger partial charge on any atom is 0.319 e. The van der Waals surface area contributed by atoms with Gasteiger partial charge in [-0.15, -0.1) is 0 Å². The number of fused-ring (bicyclic) bond motifs is 1. The number of nitrogens with zero attached hydrogens (tertiary/aromatic N) is 2. The molecule has 31 heavy (non-hydrogen) atoms. The first-order valence-electron chi connectivity index (χ1n) is 9.96. The highest BCUT2D eigenvalue weighted by Gasteiger charge is 2.13. The normalized spacial score (nSPS) is 10.8. The first kappa shape index (κ1) is 20.4. The number of hydrogen-bond acceptors (Lipinski definition) is 3. The van der Waals surface area contributed by atoms with Crippen LogP contribution in [-0.2, 0) is 6.54 Å². The zero-order valence-electron chi connectivity index (χ0n) is 17.4. The first-order chi connectivity index (χ1) is 15.0. The number of hydrogen-bond donors (Lipinski definition) is 2. The predicted octanol–water partition coefficient (Wildman–Crippen LogP) is 4.98. The molecule has 0 unspecified atom stereocenters. The third-order valence-corrected chi connectivity index (χ3v) is 4.98. The lowest BCUT2D eigenvalue weighted by Gasteiger charge is -2.13. The zero-order valence-corrected chi connectivity index (χ0v) is 17.4. The summed E-state index contributed by atoms with van der Waals surface area (Å²) in [6.45, 7) is 2.84. The van der Waals surface area contributed by atoms with E-state index >= 15 is 0 Å². The molecule has 1 heterocycles. The van der Waals surface area contributed by atoms with Gasteiger partial charge in [0.25, 0.3) is 0 Å². The Morgan fingerprint density at radius 3 is 2.65 bits per heavy atom. The van der Waals surface area contributed by atoms with Gasteiger partial charge in [0.2, 0.25) is 0 Å². The van der Waals surface area contributed by atoms with E-state index in [1.807, 2.05) is 54.0 Å². The van der Waals surface area contributed by atoms with Crippen molar-refractivity contribution in [3.63, 3.8) is 0 Å². The summed E-state index contributed by atoms with van der Waals surface area (Å²) in [4.78, 5) is 17.1. The van der Waals surface area contributed by atoms with Crippen molar-refractivity contribution in [3.05, 3.63) is 78.1 Å². The van der Waals surface area contributed by atoms with Crippen LogP contribution in [0.3, 0.4) is 0 Å². The topological polar surface area (TPSA) is 68.2 Å². The van der Waals surface area contributed by atoms with Crippen molar-refractivity contribution in [2.24, 2.45) is 0 Å². The van der Waals surface area contributed by atoms with Crippen molar-refractivity contribution in [1.82, 2.24) is 14.9 Å². The highest BCUT2D eigenvalue weighted by atomic mass is 19.1. The summed E-state index contributed by atoms with van der Waals surface area (Å²) in [7, 11) is 1.56. The molecule has 4 aromatic rings. The number of ether oxygens (including phenoxy) is 1. The largest absolute Gasteiger partial charge is 0.495 e. The van der Waals surface area contributed by atoms with E-state index in [2.05, 4.69) is 10.6 Å². The van der Waals surface area contributed by atoms with Crippen LogP contribution >= 0.6 is 0 Å². The molecule has 0 saturated heterocycles. The van der Waals surface area contributed by atoms with Crippen LogP contribution in [0.25, 0.3) is 22.4 Å². The molecule has 3 aromatic carbocycles. The minimum absolute atomic E-state index is 0.295. The summed E-state index contributed by atoms with van der Waals surface area (Å²) in [5.74, 6) is 1.03. The predicted molar refractivity (Wildman–Crippen MR) is 120 cm³/mol. The second kappa shape index (κ2) is 8.87. The van der Waals surface area contributed by atoms with Gasteiger partial charge >= 0.3 is 6.03 Å². The van der Waals surface area contributed by atoms with Crippen LogP contribution in [0.5, 0.6) is 5.75 Å². The Bertz CT molecular complexity index is 1220. The molecule has 0 radical (unpaired) electrons. The van der Waals surface area contributed by atoms with Crippen molar-refractivity contribution in [2.75, 3.05) is 19.0 Å². The quantitative estimate of drug-likeness (QED) is 0.464. The number of carbonyl (C=O) groups excluding carboxylic acids is 1. The minimum atomic E-state index is -0.323. The summed E-state index contributed by atoms with van der Waals surface area (Å²) in [5, 5.41) is 5.71. The third kappa shape index (κ3) is 4.50. The van der Waals surface area contributed by atoms with Crippen LogP contribution < -0.4 is 15.4 Å². The zero-order chi connectivity index (χ0) is 21.8. The van der Waals surface area contributed by atoms with Gasteiger partial charge in [0, 0.05) is 18.7 Å². The first-order valence-corrected chi connectivity index (χ1v) is 9.96. The van der Waals surface area contributed by atoms with Crippen molar-refractivity contribution >= 4 is 22.8 Å². The molecule has 2 amide bonds. The lowest BCUT2D eigenvalue weighted by atomic mass is 10.2. The molecular formula is C24H23FN4O2. The molecule has 4 rings (SSSR count). The Labute approximate surface area is 179 Å². The number of nitrogens with one attached hydrogen (secondary N) is 2. The number of methoxy groups -OCH3 is 1. The van der Waals surface area contributed by atoms with Gasteiger partial charge in [-0.25, -0.2) is 14.2 Å². The molecule has 0 saturated carbocycles. The van der Waals surface area contributed by atoms with Crippen LogP contribution in [0.15, 0.2) is 66.7 Å². The number of halogens is 1. The maximum atomic E-state index is 13.4. The molecular weight excluding hydrogens is 395 g/mol. The average molecular weight is 418 g/mol. The highest BCUT2D eigenvalue weighted by molar-refractivity contribution is 5.91. The summed E-state index contributed by atoms with van der Waals surface area (Å²) in [6, 6.07) is 19.3. The van der Waals surface area contributed by atoms with Gasteiger partial charge in [0.05, 0.1) is 23.8 Å². The van der Waals surface area contributed by atoms with E-state index in [-0.39, 0.29) is 11.8 Å². The molecule has 0 atom stereocenters. The smallest absolute Gasteiger partial charge is 0.319 e. The van der Waals surface area contributed by atoms with Crippen LogP contribution in [0.2, 0.25) is 0 Å². The number of aryl methyl sites for hydroxylation is 1. The molecule has 0 aliphatic carbocycles. The standard InChI is InChI=1S/C24H23FN4O2/c1-16-7-12-22(31-2)20(15-16)28-24(30)26-13-14-29-21-6-4-3-5-19(21)27-23(29)17-8-10-18(25)11-9-17/h3-12,15H,13-14H2,1-2H3,(H2,26,28,30). The molecule has 0 spiro atoms. The molecule has 0 aliphatic heterocycles. The Morgan fingerprint density at radius 2 is 1.87 bits per heavy atom. The van der Waals surface area contributed by atoms with E-state index in [0.29, 0.717) is 24.5 Å².